The fourth-order valence-electron chi connectivity index (χ4n) is 5.67. The van der Waals surface area contributed by atoms with Gasteiger partial charge in [-0.3, -0.25) is 4.79 Å². The number of aryl methyl sites for hydroxylation is 1. The highest BCUT2D eigenvalue weighted by molar-refractivity contribution is 7.90. The van der Waals surface area contributed by atoms with E-state index in [9.17, 15) is 13.2 Å². The number of nitrogens with two attached hydrogens (primary N) is 1. The molecule has 1 aliphatic rings. The number of methoxy groups -OCH3 is 1. The van der Waals surface area contributed by atoms with Gasteiger partial charge in [0.1, 0.15) is 0 Å². The summed E-state index contributed by atoms with van der Waals surface area (Å²) >= 11 is 0. The maximum absolute atomic E-state index is 12.8. The van der Waals surface area contributed by atoms with Gasteiger partial charge in [0.05, 0.1) is 10.5 Å². The summed E-state index contributed by atoms with van der Waals surface area (Å²) < 4.78 is 34.0. The van der Waals surface area contributed by atoms with Crippen molar-refractivity contribution in [3.63, 3.8) is 0 Å². The second kappa shape index (κ2) is 12.4. The molecule has 3 N–H and O–H groups in total. The van der Waals surface area contributed by atoms with Crippen molar-refractivity contribution in [2.75, 3.05) is 30.8 Å². The van der Waals surface area contributed by atoms with Gasteiger partial charge in [-0.2, -0.15) is 0 Å². The number of anilines is 2. The molecule has 4 aromatic rings. The Balaban J connectivity index is 1.24. The molecule has 1 aliphatic heterocycles. The predicted molar refractivity (Wildman–Crippen MR) is 168 cm³/mol. The summed E-state index contributed by atoms with van der Waals surface area (Å²) in [6.07, 6.45) is 3.13. The topological polar surface area (TPSA) is 102 Å². The van der Waals surface area contributed by atoms with Crippen molar-refractivity contribution in [1.29, 1.82) is 0 Å². The Morgan fingerprint density at radius 1 is 0.905 bits per heavy atom. The Hall–Kier alpha value is -4.14. The molecule has 218 valence electrons. The Morgan fingerprint density at radius 3 is 2.24 bits per heavy atom. The number of hydrogen-bond donors (Lipinski definition) is 2. The normalized spacial score (nSPS) is 14.9. The highest BCUT2D eigenvalue weighted by Gasteiger charge is 2.35. The smallest absolute Gasteiger partial charge is 0.264 e. The van der Waals surface area contributed by atoms with E-state index in [0.29, 0.717) is 17.7 Å². The molecule has 42 heavy (non-hydrogen) atoms. The van der Waals surface area contributed by atoms with Gasteiger partial charge in [0.15, 0.2) is 0 Å². The van der Waals surface area contributed by atoms with Crippen LogP contribution in [0.3, 0.4) is 0 Å². The van der Waals surface area contributed by atoms with Gasteiger partial charge in [0, 0.05) is 43.6 Å². The number of benzene rings is 4. The number of nitrogens with one attached hydrogen (secondary N) is 1. The van der Waals surface area contributed by atoms with Crippen LogP contribution in [-0.2, 0) is 27.6 Å². The van der Waals surface area contributed by atoms with Crippen LogP contribution in [0.4, 0.5) is 11.4 Å². The Kier molecular flexibility index (Phi) is 8.66. The first-order chi connectivity index (χ1) is 20.2. The molecule has 0 aromatic heterocycles. The minimum atomic E-state index is -4.03. The summed E-state index contributed by atoms with van der Waals surface area (Å²) in [5.74, 6) is -0.675. The lowest BCUT2D eigenvalue weighted by Crippen LogP contribution is -2.47. The second-order valence-corrected chi connectivity index (χ2v) is 12.5. The fraction of sp³-hybridized carbons (Fsp3) is 0.265. The van der Waals surface area contributed by atoms with Gasteiger partial charge in [-0.1, -0.05) is 61.5 Å². The van der Waals surface area contributed by atoms with E-state index in [-0.39, 0.29) is 16.1 Å². The summed E-state index contributed by atoms with van der Waals surface area (Å²) in [6, 6.07) is 30.5. The first-order valence-corrected chi connectivity index (χ1v) is 15.7. The number of carbonyl (C=O) groups excluding carboxylic acids is 1. The van der Waals surface area contributed by atoms with E-state index in [1.54, 1.807) is 25.3 Å². The Labute approximate surface area is 248 Å². The maximum Gasteiger partial charge on any atom is 0.264 e. The van der Waals surface area contributed by atoms with Crippen LogP contribution in [0.2, 0.25) is 0 Å². The van der Waals surface area contributed by atoms with E-state index in [0.717, 1.165) is 38.0 Å². The average Bonchev–Trinajstić information content (AvgIpc) is 3.02. The van der Waals surface area contributed by atoms with E-state index in [4.69, 9.17) is 10.5 Å². The quantitative estimate of drug-likeness (QED) is 0.240. The summed E-state index contributed by atoms with van der Waals surface area (Å²) in [6.45, 7) is 3.50. The number of nitrogen functional groups attached to an aromatic ring is 1. The summed E-state index contributed by atoms with van der Waals surface area (Å²) in [7, 11) is -2.23. The number of carbonyl (C=O) groups is 1. The van der Waals surface area contributed by atoms with Crippen LogP contribution in [0.15, 0.2) is 102 Å². The second-order valence-electron chi connectivity index (χ2n) is 10.8. The predicted octanol–water partition coefficient (Wildman–Crippen LogP) is 5.85. The number of hydrogen-bond acceptors (Lipinski definition) is 6. The van der Waals surface area contributed by atoms with Gasteiger partial charge in [-0.15, -0.1) is 0 Å². The largest absolute Gasteiger partial charge is 0.399 e. The minimum Gasteiger partial charge on any atom is -0.399 e. The average molecular weight is 584 g/mol. The van der Waals surface area contributed by atoms with Crippen LogP contribution < -0.4 is 15.4 Å². The van der Waals surface area contributed by atoms with Crippen LogP contribution in [0.25, 0.3) is 11.1 Å². The van der Waals surface area contributed by atoms with Gasteiger partial charge < -0.3 is 15.4 Å². The molecule has 0 bridgehead atoms. The lowest BCUT2D eigenvalue weighted by atomic mass is 9.82. The SMILES string of the molecule is CCc1cc(S(=O)(=O)NC(=O)c2ccc(N3CCC(Cc4ccccc4-c4ccccc4)(OC)CC3)cc2)ccc1N. The third-order valence-corrected chi connectivity index (χ3v) is 9.58. The molecule has 1 saturated heterocycles. The number of ether oxygens (including phenoxy) is 1. The molecule has 5 rings (SSSR count). The van der Waals surface area contributed by atoms with Crippen LogP contribution in [0.1, 0.15) is 41.3 Å². The van der Waals surface area contributed by atoms with Gasteiger partial charge in [0.25, 0.3) is 15.9 Å². The van der Waals surface area contributed by atoms with Crippen molar-refractivity contribution in [3.8, 4) is 11.1 Å². The van der Waals surface area contributed by atoms with Crippen molar-refractivity contribution in [3.05, 3.63) is 114 Å². The van der Waals surface area contributed by atoms with E-state index in [1.165, 1.54) is 28.8 Å². The van der Waals surface area contributed by atoms with Crippen molar-refractivity contribution in [2.45, 2.75) is 43.1 Å². The van der Waals surface area contributed by atoms with Gasteiger partial charge in [-0.25, -0.2) is 13.1 Å². The lowest BCUT2D eigenvalue weighted by Gasteiger charge is -2.42. The lowest BCUT2D eigenvalue weighted by molar-refractivity contribution is -0.0288. The Bertz CT molecular complexity index is 1650. The first kappa shape index (κ1) is 29.4. The van der Waals surface area contributed by atoms with Crippen LogP contribution in [-0.4, -0.2) is 40.1 Å². The molecule has 4 aromatic carbocycles. The highest BCUT2D eigenvalue weighted by Crippen LogP contribution is 2.35. The number of nitrogens with zero attached hydrogens (tertiary/aromatic N) is 1. The zero-order chi connectivity index (χ0) is 29.7. The molecule has 7 nitrogen and oxygen atoms in total. The molecular formula is C34H37N3O4S. The Morgan fingerprint density at radius 2 is 1.57 bits per heavy atom. The van der Waals surface area contributed by atoms with E-state index < -0.39 is 15.9 Å². The highest BCUT2D eigenvalue weighted by atomic mass is 32.2. The van der Waals surface area contributed by atoms with Gasteiger partial charge >= 0.3 is 0 Å². The molecule has 0 spiro atoms. The number of amides is 1. The number of piperidine rings is 1. The molecule has 0 unspecified atom stereocenters. The zero-order valence-electron chi connectivity index (χ0n) is 24.0. The van der Waals surface area contributed by atoms with Crippen molar-refractivity contribution >= 4 is 27.3 Å². The van der Waals surface area contributed by atoms with Crippen molar-refractivity contribution in [1.82, 2.24) is 4.72 Å². The van der Waals surface area contributed by atoms with E-state index in [2.05, 4.69) is 58.2 Å². The molecular weight excluding hydrogens is 546 g/mol. The molecule has 1 fully saturated rings. The van der Waals surface area contributed by atoms with Crippen molar-refractivity contribution in [2.24, 2.45) is 0 Å². The third kappa shape index (κ3) is 6.35. The maximum atomic E-state index is 12.8. The molecule has 0 aliphatic carbocycles. The van der Waals surface area contributed by atoms with Crippen LogP contribution in [0, 0.1) is 0 Å². The van der Waals surface area contributed by atoms with E-state index in [1.807, 2.05) is 25.1 Å². The van der Waals surface area contributed by atoms with Gasteiger partial charge in [-0.05, 0) is 84.0 Å². The monoisotopic (exact) mass is 583 g/mol. The molecule has 0 radical (unpaired) electrons. The van der Waals surface area contributed by atoms with E-state index >= 15 is 0 Å². The molecule has 0 saturated carbocycles. The zero-order valence-corrected chi connectivity index (χ0v) is 24.9. The third-order valence-electron chi connectivity index (χ3n) is 8.25. The standard InChI is InChI=1S/C34H37N3O4S/c1-3-25-23-30(17-18-32(25)35)42(39,40)36-33(38)27-13-15-29(16-14-27)37-21-19-34(41-2,20-22-37)24-28-11-7-8-12-31(28)26-9-5-4-6-10-26/h4-18,23H,3,19-22,24,35H2,1-2H3,(H,36,38). The first-order valence-electron chi connectivity index (χ1n) is 14.2. The number of rotatable bonds is 9. The van der Waals surface area contributed by atoms with Crippen LogP contribution >= 0.6 is 0 Å². The molecule has 0 atom stereocenters. The summed E-state index contributed by atoms with van der Waals surface area (Å²) in [5, 5.41) is 0. The molecule has 8 heteroatoms. The minimum absolute atomic E-state index is 0.0138. The molecule has 1 heterocycles. The molecule has 1 amide bonds. The summed E-state index contributed by atoms with van der Waals surface area (Å²) in [4.78, 5) is 15.1. The summed E-state index contributed by atoms with van der Waals surface area (Å²) in [5.41, 5.74) is 11.8. The van der Waals surface area contributed by atoms with Crippen molar-refractivity contribution < 1.29 is 17.9 Å². The number of sulfonamides is 1. The van der Waals surface area contributed by atoms with Gasteiger partial charge in [0.2, 0.25) is 0 Å². The van der Waals surface area contributed by atoms with Crippen LogP contribution in [0.5, 0.6) is 0 Å². The fourth-order valence-corrected chi connectivity index (χ4v) is 6.69.